The lowest BCUT2D eigenvalue weighted by atomic mass is 9.90. The lowest BCUT2D eigenvalue weighted by Crippen LogP contribution is -2.51. The third-order valence-corrected chi connectivity index (χ3v) is 8.48. The first kappa shape index (κ1) is 30.7. The molecule has 0 radical (unpaired) electrons. The molecule has 234 valence electrons. The van der Waals surface area contributed by atoms with Crippen LogP contribution in [0.3, 0.4) is 0 Å². The monoisotopic (exact) mass is 608 g/mol. The van der Waals surface area contributed by atoms with Crippen molar-refractivity contribution in [3.8, 4) is 0 Å². The van der Waals surface area contributed by atoms with E-state index in [1.807, 2.05) is 84.9 Å². The van der Waals surface area contributed by atoms with Crippen LogP contribution in [0.2, 0.25) is 0 Å². The summed E-state index contributed by atoms with van der Waals surface area (Å²) < 4.78 is 13.3. The lowest BCUT2D eigenvalue weighted by molar-refractivity contribution is -0.276. The fourth-order valence-electron chi connectivity index (χ4n) is 5.88. The van der Waals surface area contributed by atoms with E-state index in [9.17, 15) is 9.90 Å². The largest absolute Gasteiger partial charge is 0.392 e. The molecular formula is C35H40N6O4. The molecule has 3 aromatic carbocycles. The molecule has 2 saturated heterocycles. The molecule has 2 aliphatic rings. The average molecular weight is 609 g/mol. The average Bonchev–Trinajstić information content (AvgIpc) is 3.09. The summed E-state index contributed by atoms with van der Waals surface area (Å²) in [5.41, 5.74) is 4.41. The summed E-state index contributed by atoms with van der Waals surface area (Å²) in [7, 11) is 0. The van der Waals surface area contributed by atoms with Crippen molar-refractivity contribution in [3.05, 3.63) is 120 Å². The quantitative estimate of drug-likeness (QED) is 0.246. The number of carbonyl (C=O) groups excluding carboxylic acids is 1. The summed E-state index contributed by atoms with van der Waals surface area (Å²) in [4.78, 5) is 26.1. The number of hydrogen-bond donors (Lipinski definition) is 3. The molecule has 0 unspecified atom stereocenters. The molecule has 0 aliphatic carbocycles. The Bertz CT molecular complexity index is 1520. The van der Waals surface area contributed by atoms with Crippen LogP contribution in [0.15, 0.2) is 97.3 Å². The van der Waals surface area contributed by atoms with Crippen molar-refractivity contribution >= 4 is 17.7 Å². The summed E-state index contributed by atoms with van der Waals surface area (Å²) in [6.45, 7) is 6.81. The molecule has 3 N–H and O–H groups in total. The molecule has 6 rings (SSSR count). The highest BCUT2D eigenvalue weighted by molar-refractivity contribution is 5.89. The normalized spacial score (nSPS) is 22.1. The molecule has 4 atom stereocenters. The highest BCUT2D eigenvalue weighted by Gasteiger charge is 2.39. The van der Waals surface area contributed by atoms with Crippen molar-refractivity contribution in [1.29, 1.82) is 0 Å². The fourth-order valence-corrected chi connectivity index (χ4v) is 5.88. The molecule has 0 spiro atoms. The molecule has 2 fully saturated rings. The number of aliphatic hydroxyl groups excluding tert-OH is 1. The number of anilines is 2. The maximum absolute atomic E-state index is 12.7. The topological polar surface area (TPSA) is 112 Å². The summed E-state index contributed by atoms with van der Waals surface area (Å²) >= 11 is 0. The number of aromatic nitrogens is 2. The van der Waals surface area contributed by atoms with Crippen LogP contribution in [0.25, 0.3) is 0 Å². The first-order valence-corrected chi connectivity index (χ1v) is 15.5. The molecule has 0 saturated carbocycles. The minimum atomic E-state index is -0.623. The first-order valence-electron chi connectivity index (χ1n) is 15.5. The Morgan fingerprint density at radius 2 is 1.62 bits per heavy atom. The number of nitrogens with zero attached hydrogens (tertiary/aromatic N) is 4. The van der Waals surface area contributed by atoms with Gasteiger partial charge in [-0.3, -0.25) is 4.90 Å². The van der Waals surface area contributed by atoms with Gasteiger partial charge < -0.3 is 30.1 Å². The van der Waals surface area contributed by atoms with Gasteiger partial charge in [-0.05, 0) is 34.9 Å². The van der Waals surface area contributed by atoms with Crippen LogP contribution in [-0.4, -0.2) is 64.8 Å². The molecule has 45 heavy (non-hydrogen) atoms. The Labute approximate surface area is 264 Å². The predicted molar refractivity (Wildman–Crippen MR) is 172 cm³/mol. The predicted octanol–water partition coefficient (Wildman–Crippen LogP) is 4.90. The number of benzene rings is 3. The van der Waals surface area contributed by atoms with Crippen LogP contribution in [0, 0.1) is 5.92 Å². The Morgan fingerprint density at radius 1 is 0.867 bits per heavy atom. The number of carbonyl (C=O) groups is 1. The van der Waals surface area contributed by atoms with E-state index in [4.69, 9.17) is 9.47 Å². The second-order valence-electron chi connectivity index (χ2n) is 11.6. The van der Waals surface area contributed by atoms with E-state index in [1.54, 1.807) is 12.4 Å². The van der Waals surface area contributed by atoms with Gasteiger partial charge in [0, 0.05) is 68.8 Å². The van der Waals surface area contributed by atoms with Crippen molar-refractivity contribution in [2.75, 3.05) is 42.9 Å². The van der Waals surface area contributed by atoms with Gasteiger partial charge in [-0.1, -0.05) is 73.7 Å². The van der Waals surface area contributed by atoms with Crippen molar-refractivity contribution < 1.29 is 19.4 Å². The zero-order valence-electron chi connectivity index (χ0n) is 25.5. The van der Waals surface area contributed by atoms with E-state index < -0.39 is 6.29 Å². The highest BCUT2D eigenvalue weighted by atomic mass is 16.7. The minimum Gasteiger partial charge on any atom is -0.392 e. The van der Waals surface area contributed by atoms with E-state index in [-0.39, 0.29) is 30.8 Å². The molecule has 2 amide bonds. The van der Waals surface area contributed by atoms with Gasteiger partial charge in [0.15, 0.2) is 6.29 Å². The number of ether oxygens (including phenoxy) is 2. The minimum absolute atomic E-state index is 0.00552. The number of piperazine rings is 1. The fraction of sp³-hybridized carbons (Fsp3) is 0.343. The van der Waals surface area contributed by atoms with Gasteiger partial charge in [0.2, 0.25) is 5.95 Å². The van der Waals surface area contributed by atoms with Crippen molar-refractivity contribution in [3.63, 3.8) is 0 Å². The molecule has 4 aromatic rings. The summed E-state index contributed by atoms with van der Waals surface area (Å²) in [5, 5.41) is 15.4. The van der Waals surface area contributed by atoms with Crippen molar-refractivity contribution in [2.24, 2.45) is 5.92 Å². The van der Waals surface area contributed by atoms with E-state index in [1.165, 1.54) is 0 Å². The third kappa shape index (κ3) is 7.84. The van der Waals surface area contributed by atoms with Gasteiger partial charge in [-0.25, -0.2) is 14.8 Å². The van der Waals surface area contributed by atoms with E-state index >= 15 is 0 Å². The Balaban J connectivity index is 1.15. The Kier molecular flexibility index (Phi) is 9.96. The Morgan fingerprint density at radius 3 is 2.36 bits per heavy atom. The second-order valence-corrected chi connectivity index (χ2v) is 11.6. The van der Waals surface area contributed by atoms with Crippen LogP contribution in [0.4, 0.5) is 16.4 Å². The van der Waals surface area contributed by atoms with E-state index in [0.717, 1.165) is 60.9 Å². The van der Waals surface area contributed by atoms with Gasteiger partial charge in [0.25, 0.3) is 0 Å². The number of hydrogen-bond acceptors (Lipinski definition) is 8. The number of amides is 2. The zero-order valence-corrected chi connectivity index (χ0v) is 25.5. The standard InChI is InChI=1S/C35H40N6O4/c1-25-31(23-40-17-19-41(20-18-40)34-36-15-6-16-37-34)44-33(45-32(25)28-13-11-27(24-42)12-14-28)29-9-5-10-30(21-29)39-35(43)38-22-26-7-3-2-4-8-26/h2-16,21,25,31-33,42H,17-20,22-24H2,1H3,(H2,38,39,43)/t25-,31+,32+,33+/m1/s1. The summed E-state index contributed by atoms with van der Waals surface area (Å²) in [6.07, 6.45) is 2.62. The molecule has 10 nitrogen and oxygen atoms in total. The van der Waals surface area contributed by atoms with Crippen LogP contribution < -0.4 is 15.5 Å². The van der Waals surface area contributed by atoms with Gasteiger partial charge in [-0.15, -0.1) is 0 Å². The summed E-state index contributed by atoms with van der Waals surface area (Å²) in [6, 6.07) is 26.9. The van der Waals surface area contributed by atoms with Crippen LogP contribution in [-0.2, 0) is 22.6 Å². The smallest absolute Gasteiger partial charge is 0.319 e. The van der Waals surface area contributed by atoms with Crippen LogP contribution >= 0.6 is 0 Å². The number of rotatable bonds is 9. The molecular weight excluding hydrogens is 568 g/mol. The number of nitrogens with one attached hydrogen (secondary N) is 2. The molecule has 0 bridgehead atoms. The molecule has 1 aromatic heterocycles. The van der Waals surface area contributed by atoms with Gasteiger partial charge in [0.05, 0.1) is 18.8 Å². The maximum Gasteiger partial charge on any atom is 0.319 e. The lowest BCUT2D eigenvalue weighted by Gasteiger charge is -2.44. The summed E-state index contributed by atoms with van der Waals surface area (Å²) in [5.74, 6) is 0.836. The maximum atomic E-state index is 12.7. The van der Waals surface area contributed by atoms with E-state index in [2.05, 4.69) is 37.3 Å². The van der Waals surface area contributed by atoms with Gasteiger partial charge in [-0.2, -0.15) is 0 Å². The zero-order chi connectivity index (χ0) is 31.0. The molecule has 2 aliphatic heterocycles. The Hall–Kier alpha value is -4.35. The highest BCUT2D eigenvalue weighted by Crippen LogP contribution is 2.42. The van der Waals surface area contributed by atoms with Crippen molar-refractivity contribution in [1.82, 2.24) is 20.2 Å². The SMILES string of the molecule is C[C@@H]1[C@H](CN2CCN(c3ncccn3)CC2)O[C@H](c2cccc(NC(=O)NCc3ccccc3)c2)O[C@@H]1c1ccc(CO)cc1. The van der Waals surface area contributed by atoms with Crippen LogP contribution in [0.5, 0.6) is 0 Å². The van der Waals surface area contributed by atoms with Crippen LogP contribution in [0.1, 0.15) is 41.6 Å². The van der Waals surface area contributed by atoms with Gasteiger partial charge in [0.1, 0.15) is 0 Å². The van der Waals surface area contributed by atoms with E-state index in [0.29, 0.717) is 12.2 Å². The third-order valence-electron chi connectivity index (χ3n) is 8.48. The number of urea groups is 1. The first-order chi connectivity index (χ1) is 22.1. The molecule has 3 heterocycles. The second kappa shape index (κ2) is 14.6. The molecule has 10 heteroatoms. The van der Waals surface area contributed by atoms with Gasteiger partial charge >= 0.3 is 6.03 Å². The van der Waals surface area contributed by atoms with Crippen molar-refractivity contribution in [2.45, 2.75) is 38.6 Å². The number of aliphatic hydroxyl groups is 1.